The summed E-state index contributed by atoms with van der Waals surface area (Å²) in [6, 6.07) is 2.25. The number of rotatable bonds is 3. The van der Waals surface area contributed by atoms with Gasteiger partial charge in [-0.15, -0.1) is 11.3 Å². The fourth-order valence-electron chi connectivity index (χ4n) is 1.81. The third-order valence-electron chi connectivity index (χ3n) is 2.69. The summed E-state index contributed by atoms with van der Waals surface area (Å²) in [5.41, 5.74) is 1.94. The number of aliphatic hydroxyl groups excluding tert-OH is 1. The largest absolute Gasteiger partial charge is 0.381 e. The van der Waals surface area contributed by atoms with Crippen LogP contribution >= 0.6 is 27.3 Å². The molecule has 0 aliphatic carbocycles. The average Bonchev–Trinajstić information content (AvgIpc) is 2.83. The first kappa shape index (κ1) is 12.8. The Bertz CT molecular complexity index is 518. The SMILES string of the molecule is Cc1ccsc1C(O)c1c(Br)cnn1C(C)C. The maximum absolute atomic E-state index is 10.5. The first-order valence-electron chi connectivity index (χ1n) is 5.47. The van der Waals surface area contributed by atoms with E-state index >= 15 is 0 Å². The third-order valence-corrected chi connectivity index (χ3v) is 4.37. The van der Waals surface area contributed by atoms with Gasteiger partial charge in [0.2, 0.25) is 0 Å². The molecule has 5 heteroatoms. The van der Waals surface area contributed by atoms with Crippen molar-refractivity contribution in [1.82, 2.24) is 9.78 Å². The number of aliphatic hydroxyl groups is 1. The van der Waals surface area contributed by atoms with Crippen LogP contribution in [0.4, 0.5) is 0 Å². The van der Waals surface area contributed by atoms with Gasteiger partial charge in [0, 0.05) is 10.9 Å². The van der Waals surface area contributed by atoms with Gasteiger partial charge in [-0.3, -0.25) is 4.68 Å². The van der Waals surface area contributed by atoms with Crippen molar-refractivity contribution >= 4 is 27.3 Å². The zero-order valence-corrected chi connectivity index (χ0v) is 12.4. The van der Waals surface area contributed by atoms with Crippen LogP contribution in [-0.4, -0.2) is 14.9 Å². The molecule has 0 aromatic carbocycles. The van der Waals surface area contributed by atoms with Gasteiger partial charge in [0.15, 0.2) is 0 Å². The maximum atomic E-state index is 10.5. The Morgan fingerprint density at radius 1 is 1.47 bits per heavy atom. The van der Waals surface area contributed by atoms with E-state index in [1.54, 1.807) is 17.5 Å². The minimum atomic E-state index is -0.616. The second-order valence-corrected chi connectivity index (χ2v) is 6.09. The van der Waals surface area contributed by atoms with Crippen LogP contribution in [-0.2, 0) is 0 Å². The van der Waals surface area contributed by atoms with Crippen molar-refractivity contribution in [3.63, 3.8) is 0 Å². The lowest BCUT2D eigenvalue weighted by atomic mass is 10.1. The molecular weight excluding hydrogens is 300 g/mol. The fourth-order valence-corrected chi connectivity index (χ4v) is 3.21. The Morgan fingerprint density at radius 2 is 2.18 bits per heavy atom. The summed E-state index contributed by atoms with van der Waals surface area (Å²) in [7, 11) is 0. The van der Waals surface area contributed by atoms with E-state index < -0.39 is 6.10 Å². The number of aryl methyl sites for hydroxylation is 1. The summed E-state index contributed by atoms with van der Waals surface area (Å²) >= 11 is 5.03. The highest BCUT2D eigenvalue weighted by molar-refractivity contribution is 9.10. The number of aromatic nitrogens is 2. The molecule has 0 fully saturated rings. The fraction of sp³-hybridized carbons (Fsp3) is 0.417. The summed E-state index contributed by atoms with van der Waals surface area (Å²) in [6.45, 7) is 6.12. The van der Waals surface area contributed by atoms with Gasteiger partial charge >= 0.3 is 0 Å². The lowest BCUT2D eigenvalue weighted by Gasteiger charge is -2.16. The van der Waals surface area contributed by atoms with E-state index in [1.807, 2.05) is 23.1 Å². The number of halogens is 1. The predicted octanol–water partition coefficient (Wildman–Crippen LogP) is 3.68. The second-order valence-electron chi connectivity index (χ2n) is 4.29. The highest BCUT2D eigenvalue weighted by Gasteiger charge is 2.22. The average molecular weight is 315 g/mol. The molecule has 1 unspecified atom stereocenters. The number of hydrogen-bond acceptors (Lipinski definition) is 3. The normalized spacial score (nSPS) is 13.3. The molecule has 1 atom stereocenters. The molecule has 0 saturated carbocycles. The van der Waals surface area contributed by atoms with E-state index in [2.05, 4.69) is 34.9 Å². The molecule has 0 amide bonds. The van der Waals surface area contributed by atoms with Gasteiger partial charge in [-0.1, -0.05) is 0 Å². The summed E-state index contributed by atoms with van der Waals surface area (Å²) in [5, 5.41) is 16.8. The Labute approximate surface area is 113 Å². The zero-order chi connectivity index (χ0) is 12.6. The van der Waals surface area contributed by atoms with Crippen LogP contribution in [0.15, 0.2) is 22.1 Å². The minimum Gasteiger partial charge on any atom is -0.381 e. The molecule has 2 rings (SSSR count). The molecule has 0 bridgehead atoms. The standard InChI is InChI=1S/C12H15BrN2OS/c1-7(2)15-10(9(13)6-14-15)11(16)12-8(3)4-5-17-12/h4-7,11,16H,1-3H3. The number of thiophene rings is 1. The second kappa shape index (κ2) is 4.92. The summed E-state index contributed by atoms with van der Waals surface area (Å²) in [5.74, 6) is 0. The highest BCUT2D eigenvalue weighted by atomic mass is 79.9. The number of nitrogens with zero attached hydrogens (tertiary/aromatic N) is 2. The van der Waals surface area contributed by atoms with Crippen molar-refractivity contribution < 1.29 is 5.11 Å². The van der Waals surface area contributed by atoms with E-state index in [9.17, 15) is 5.11 Å². The van der Waals surface area contributed by atoms with E-state index in [4.69, 9.17) is 0 Å². The van der Waals surface area contributed by atoms with Crippen molar-refractivity contribution in [1.29, 1.82) is 0 Å². The van der Waals surface area contributed by atoms with Crippen molar-refractivity contribution in [3.05, 3.63) is 38.3 Å². The van der Waals surface area contributed by atoms with Gasteiger partial charge in [0.1, 0.15) is 6.10 Å². The van der Waals surface area contributed by atoms with Gasteiger partial charge in [0.05, 0.1) is 16.4 Å². The van der Waals surface area contributed by atoms with Gasteiger partial charge in [0.25, 0.3) is 0 Å². The highest BCUT2D eigenvalue weighted by Crippen LogP contribution is 2.34. The Hall–Kier alpha value is -0.650. The molecule has 2 heterocycles. The molecule has 92 valence electrons. The topological polar surface area (TPSA) is 38.1 Å². The van der Waals surface area contributed by atoms with Crippen molar-refractivity contribution in [3.8, 4) is 0 Å². The molecular formula is C12H15BrN2OS. The smallest absolute Gasteiger partial charge is 0.131 e. The Kier molecular flexibility index (Phi) is 3.70. The van der Waals surface area contributed by atoms with E-state index in [1.165, 1.54) is 0 Å². The summed E-state index contributed by atoms with van der Waals surface area (Å²) in [6.07, 6.45) is 1.12. The molecule has 1 N–H and O–H groups in total. The lowest BCUT2D eigenvalue weighted by molar-refractivity contribution is 0.207. The van der Waals surface area contributed by atoms with Crippen LogP contribution < -0.4 is 0 Å². The first-order valence-corrected chi connectivity index (χ1v) is 7.14. The quantitative estimate of drug-likeness (QED) is 0.938. The Morgan fingerprint density at radius 3 is 2.71 bits per heavy atom. The third kappa shape index (κ3) is 2.32. The van der Waals surface area contributed by atoms with Crippen LogP contribution in [0.25, 0.3) is 0 Å². The molecule has 0 aliphatic rings. The van der Waals surface area contributed by atoms with Crippen LogP contribution in [0.2, 0.25) is 0 Å². The summed E-state index contributed by atoms with van der Waals surface area (Å²) in [4.78, 5) is 0.980. The van der Waals surface area contributed by atoms with E-state index in [0.29, 0.717) is 0 Å². The van der Waals surface area contributed by atoms with Gasteiger partial charge in [-0.2, -0.15) is 5.10 Å². The number of hydrogen-bond donors (Lipinski definition) is 1. The molecule has 0 aliphatic heterocycles. The predicted molar refractivity (Wildman–Crippen MR) is 73.4 cm³/mol. The first-order chi connectivity index (χ1) is 8.02. The van der Waals surface area contributed by atoms with Crippen molar-refractivity contribution in [2.24, 2.45) is 0 Å². The van der Waals surface area contributed by atoms with Crippen LogP contribution in [0.3, 0.4) is 0 Å². The molecule has 3 nitrogen and oxygen atoms in total. The van der Waals surface area contributed by atoms with E-state index in [0.717, 1.165) is 20.6 Å². The molecule has 0 radical (unpaired) electrons. The molecule has 17 heavy (non-hydrogen) atoms. The molecule has 0 saturated heterocycles. The van der Waals surface area contributed by atoms with Crippen molar-refractivity contribution in [2.45, 2.75) is 32.9 Å². The molecule has 0 spiro atoms. The molecule has 2 aromatic rings. The van der Waals surface area contributed by atoms with Crippen LogP contribution in [0.1, 0.15) is 42.1 Å². The molecule has 2 aromatic heterocycles. The van der Waals surface area contributed by atoms with Gasteiger partial charge in [-0.05, 0) is 53.7 Å². The lowest BCUT2D eigenvalue weighted by Crippen LogP contribution is -2.12. The minimum absolute atomic E-state index is 0.228. The summed E-state index contributed by atoms with van der Waals surface area (Å²) < 4.78 is 2.71. The van der Waals surface area contributed by atoms with Gasteiger partial charge < -0.3 is 5.11 Å². The van der Waals surface area contributed by atoms with Crippen LogP contribution in [0.5, 0.6) is 0 Å². The van der Waals surface area contributed by atoms with E-state index in [-0.39, 0.29) is 6.04 Å². The monoisotopic (exact) mass is 314 g/mol. The maximum Gasteiger partial charge on any atom is 0.131 e. The Balaban J connectivity index is 2.47. The zero-order valence-electron chi connectivity index (χ0n) is 10.0. The van der Waals surface area contributed by atoms with Crippen LogP contribution in [0, 0.1) is 6.92 Å². The van der Waals surface area contributed by atoms with Gasteiger partial charge in [-0.25, -0.2) is 0 Å². The van der Waals surface area contributed by atoms with Crippen molar-refractivity contribution in [2.75, 3.05) is 0 Å².